The molecule has 1 heterocycles. The standard InChI is InChI=1S/C28H24S.C8H12.C7H8/c1-17-9-5-6-10-21(17)22-13-14-23(20(4)19(22)3)25-16-28-26(15-18(25)2)24-11-7-8-12-27(24)29-28;1-4-6-7-8(3)5-2;1-7-5-3-2-4-6-7/h5-16H,1-4H3;4-7H,2H2,1,3H3;2-6H,1H3/b;6-4-,8-7-;. The van der Waals surface area contributed by atoms with Crippen LogP contribution in [0.3, 0.4) is 0 Å². The number of allylic oxidation sites excluding steroid dienone is 5. The highest BCUT2D eigenvalue weighted by Gasteiger charge is 2.14. The molecule has 0 aliphatic rings. The number of rotatable bonds is 4. The fourth-order valence-electron chi connectivity index (χ4n) is 5.30. The van der Waals surface area contributed by atoms with Gasteiger partial charge in [0, 0.05) is 20.2 Å². The summed E-state index contributed by atoms with van der Waals surface area (Å²) in [6, 6.07) is 37.0. The van der Waals surface area contributed by atoms with E-state index in [0.29, 0.717) is 0 Å². The summed E-state index contributed by atoms with van der Waals surface area (Å²) in [5, 5.41) is 2.74. The molecule has 6 aromatic rings. The molecule has 0 radical (unpaired) electrons. The summed E-state index contributed by atoms with van der Waals surface area (Å²) in [5.41, 5.74) is 13.3. The lowest BCUT2D eigenvalue weighted by Gasteiger charge is -2.17. The van der Waals surface area contributed by atoms with E-state index in [9.17, 15) is 0 Å². The molecule has 1 aromatic heterocycles. The third-order valence-corrected chi connectivity index (χ3v) is 9.18. The fraction of sp³-hybridized carbons (Fsp3) is 0.163. The second-order valence-electron chi connectivity index (χ2n) is 11.3. The van der Waals surface area contributed by atoms with Gasteiger partial charge in [0.1, 0.15) is 0 Å². The monoisotopic (exact) mass is 592 g/mol. The Morgan fingerprint density at radius 1 is 0.591 bits per heavy atom. The first-order valence-electron chi connectivity index (χ1n) is 15.3. The van der Waals surface area contributed by atoms with Gasteiger partial charge in [0.15, 0.2) is 0 Å². The maximum absolute atomic E-state index is 3.61. The second kappa shape index (κ2) is 15.3. The van der Waals surface area contributed by atoms with Crippen LogP contribution in [0.2, 0.25) is 0 Å². The summed E-state index contributed by atoms with van der Waals surface area (Å²) in [6.45, 7) is 18.7. The van der Waals surface area contributed by atoms with Gasteiger partial charge >= 0.3 is 0 Å². The zero-order valence-corrected chi connectivity index (χ0v) is 28.1. The molecule has 6 rings (SSSR count). The first-order valence-corrected chi connectivity index (χ1v) is 16.1. The predicted octanol–water partition coefficient (Wildman–Crippen LogP) is 13.3. The average molecular weight is 593 g/mol. The Balaban J connectivity index is 0.000000243. The Morgan fingerprint density at radius 2 is 1.20 bits per heavy atom. The van der Waals surface area contributed by atoms with Gasteiger partial charge in [-0.2, -0.15) is 0 Å². The van der Waals surface area contributed by atoms with Gasteiger partial charge in [-0.25, -0.2) is 0 Å². The Morgan fingerprint density at radius 3 is 1.82 bits per heavy atom. The number of hydrogen-bond acceptors (Lipinski definition) is 1. The molecule has 0 amide bonds. The smallest absolute Gasteiger partial charge is 0.0361 e. The van der Waals surface area contributed by atoms with E-state index < -0.39 is 0 Å². The molecule has 1 heteroatoms. The van der Waals surface area contributed by atoms with Crippen LogP contribution in [0.4, 0.5) is 0 Å². The largest absolute Gasteiger partial charge is 0.135 e. The van der Waals surface area contributed by atoms with Crippen molar-refractivity contribution in [1.29, 1.82) is 0 Å². The molecule has 0 saturated heterocycles. The summed E-state index contributed by atoms with van der Waals surface area (Å²) in [4.78, 5) is 0. The molecule has 0 bridgehead atoms. The van der Waals surface area contributed by atoms with Crippen LogP contribution in [0, 0.1) is 34.6 Å². The van der Waals surface area contributed by atoms with Crippen molar-refractivity contribution < 1.29 is 0 Å². The maximum Gasteiger partial charge on any atom is 0.0361 e. The van der Waals surface area contributed by atoms with Gasteiger partial charge < -0.3 is 0 Å². The van der Waals surface area contributed by atoms with Crippen molar-refractivity contribution in [2.24, 2.45) is 0 Å². The van der Waals surface area contributed by atoms with Crippen molar-refractivity contribution in [2.45, 2.75) is 48.5 Å². The SMILES string of the molecule is C=C/C(C)=C\C=C/C.Cc1ccccc1.Cc1ccccc1-c1ccc(-c2cc3sc4ccccc4c3cc2C)c(C)c1C. The Hall–Kier alpha value is -4.46. The summed E-state index contributed by atoms with van der Waals surface area (Å²) < 4.78 is 2.73. The lowest BCUT2D eigenvalue weighted by molar-refractivity contribution is 1.32. The highest BCUT2D eigenvalue weighted by molar-refractivity contribution is 7.25. The van der Waals surface area contributed by atoms with Crippen molar-refractivity contribution in [3.8, 4) is 22.3 Å². The quantitative estimate of drug-likeness (QED) is 0.179. The van der Waals surface area contributed by atoms with Crippen molar-refractivity contribution in [2.75, 3.05) is 0 Å². The second-order valence-corrected chi connectivity index (χ2v) is 12.4. The minimum atomic E-state index is 1.20. The van der Waals surface area contributed by atoms with E-state index in [0.717, 1.165) is 0 Å². The Bertz CT molecular complexity index is 1930. The first-order chi connectivity index (χ1) is 21.2. The van der Waals surface area contributed by atoms with Crippen molar-refractivity contribution in [1.82, 2.24) is 0 Å². The molecule has 0 spiro atoms. The summed E-state index contributed by atoms with van der Waals surface area (Å²) in [6.07, 6.45) is 7.84. The van der Waals surface area contributed by atoms with Crippen molar-refractivity contribution in [3.63, 3.8) is 0 Å². The van der Waals surface area contributed by atoms with Gasteiger partial charge in [-0.1, -0.05) is 127 Å². The fourth-order valence-corrected chi connectivity index (χ4v) is 6.43. The molecule has 0 N–H and O–H groups in total. The molecule has 44 heavy (non-hydrogen) atoms. The zero-order chi connectivity index (χ0) is 31.6. The Kier molecular flexibility index (Phi) is 11.3. The van der Waals surface area contributed by atoms with E-state index in [-0.39, 0.29) is 0 Å². The van der Waals surface area contributed by atoms with Gasteiger partial charge in [-0.05, 0) is 111 Å². The van der Waals surface area contributed by atoms with Crippen LogP contribution in [0.15, 0.2) is 140 Å². The number of aryl methyl sites for hydroxylation is 3. The topological polar surface area (TPSA) is 0 Å². The maximum atomic E-state index is 3.61. The lowest BCUT2D eigenvalue weighted by atomic mass is 9.88. The molecular formula is C43H44S. The molecule has 222 valence electrons. The number of hydrogen-bond donors (Lipinski definition) is 0. The van der Waals surface area contributed by atoms with Gasteiger partial charge in [0.2, 0.25) is 0 Å². The van der Waals surface area contributed by atoms with E-state index in [2.05, 4.69) is 126 Å². The van der Waals surface area contributed by atoms with Crippen LogP contribution in [0.1, 0.15) is 41.7 Å². The van der Waals surface area contributed by atoms with Crippen LogP contribution in [-0.4, -0.2) is 0 Å². The van der Waals surface area contributed by atoms with E-state index in [1.54, 1.807) is 0 Å². The van der Waals surface area contributed by atoms with Gasteiger partial charge in [0.05, 0.1) is 0 Å². The number of thiophene rings is 1. The highest BCUT2D eigenvalue weighted by atomic mass is 32.1. The number of fused-ring (bicyclic) bond motifs is 3. The Labute approximate surface area is 268 Å². The predicted molar refractivity (Wildman–Crippen MR) is 199 cm³/mol. The van der Waals surface area contributed by atoms with E-state index >= 15 is 0 Å². The van der Waals surface area contributed by atoms with Crippen LogP contribution >= 0.6 is 11.3 Å². The van der Waals surface area contributed by atoms with Gasteiger partial charge in [-0.3, -0.25) is 0 Å². The van der Waals surface area contributed by atoms with Crippen LogP contribution in [-0.2, 0) is 0 Å². The van der Waals surface area contributed by atoms with Crippen LogP contribution < -0.4 is 0 Å². The molecule has 0 aliphatic heterocycles. The van der Waals surface area contributed by atoms with E-state index in [1.165, 1.54) is 75.8 Å². The molecule has 0 fully saturated rings. The number of benzene rings is 5. The molecule has 0 nitrogen and oxygen atoms in total. The molecule has 0 unspecified atom stereocenters. The molecule has 5 aromatic carbocycles. The summed E-state index contributed by atoms with van der Waals surface area (Å²) >= 11 is 1.89. The van der Waals surface area contributed by atoms with E-state index in [1.807, 2.05) is 67.7 Å². The van der Waals surface area contributed by atoms with Crippen molar-refractivity contribution >= 4 is 31.5 Å². The summed E-state index contributed by atoms with van der Waals surface area (Å²) in [7, 11) is 0. The van der Waals surface area contributed by atoms with Crippen molar-refractivity contribution in [3.05, 3.63) is 167 Å². The molecule has 0 aliphatic carbocycles. The minimum Gasteiger partial charge on any atom is -0.135 e. The van der Waals surface area contributed by atoms with Gasteiger partial charge in [-0.15, -0.1) is 11.3 Å². The molecular weight excluding hydrogens is 549 g/mol. The first kappa shape index (κ1) is 32.5. The zero-order valence-electron chi connectivity index (χ0n) is 27.2. The third-order valence-electron chi connectivity index (χ3n) is 8.05. The molecule has 0 atom stereocenters. The summed E-state index contributed by atoms with van der Waals surface area (Å²) in [5.74, 6) is 0. The highest BCUT2D eigenvalue weighted by Crippen LogP contribution is 2.40. The van der Waals surface area contributed by atoms with Crippen LogP contribution in [0.25, 0.3) is 42.4 Å². The normalized spacial score (nSPS) is 11.2. The average Bonchev–Trinajstić information content (AvgIpc) is 3.39. The van der Waals surface area contributed by atoms with E-state index in [4.69, 9.17) is 0 Å². The third kappa shape index (κ3) is 7.73. The molecule has 0 saturated carbocycles. The van der Waals surface area contributed by atoms with Gasteiger partial charge in [0.25, 0.3) is 0 Å². The minimum absolute atomic E-state index is 1.20. The van der Waals surface area contributed by atoms with Crippen LogP contribution in [0.5, 0.6) is 0 Å². The lowest BCUT2D eigenvalue weighted by Crippen LogP contribution is -1.94.